The normalized spacial score (nSPS) is 17.2. The van der Waals surface area contributed by atoms with Crippen molar-refractivity contribution < 1.29 is 18.6 Å². The van der Waals surface area contributed by atoms with Crippen molar-refractivity contribution in [2.75, 3.05) is 44.4 Å². The number of aryl methyl sites for hydroxylation is 2. The lowest BCUT2D eigenvalue weighted by Gasteiger charge is -2.50. The van der Waals surface area contributed by atoms with E-state index in [4.69, 9.17) is 14.7 Å². The van der Waals surface area contributed by atoms with Crippen molar-refractivity contribution in [2.45, 2.75) is 52.1 Å². The Labute approximate surface area is 262 Å². The minimum Gasteiger partial charge on any atom is -0.394 e. The molecule has 3 aromatic heterocycles. The van der Waals surface area contributed by atoms with E-state index in [0.29, 0.717) is 25.4 Å². The molecule has 2 aromatic carbocycles. The third-order valence-electron chi connectivity index (χ3n) is 8.60. The van der Waals surface area contributed by atoms with Gasteiger partial charge in [0.25, 0.3) is 5.78 Å². The molecule has 2 saturated heterocycles. The molecule has 0 bridgehead atoms. The summed E-state index contributed by atoms with van der Waals surface area (Å²) >= 11 is 0. The first-order valence-electron chi connectivity index (χ1n) is 15.6. The van der Waals surface area contributed by atoms with Crippen molar-refractivity contribution in [1.29, 1.82) is 0 Å². The molecule has 0 saturated carbocycles. The summed E-state index contributed by atoms with van der Waals surface area (Å²) in [6.45, 7) is 11.5. The van der Waals surface area contributed by atoms with Crippen LogP contribution in [0, 0.1) is 18.6 Å². The first-order chi connectivity index (χ1) is 21.8. The highest BCUT2D eigenvalue weighted by atomic mass is 19.1. The highest BCUT2D eigenvalue weighted by molar-refractivity contribution is 5.86. The molecule has 10 nitrogen and oxygen atoms in total. The molecule has 2 aliphatic rings. The Bertz CT molecular complexity index is 1650. The van der Waals surface area contributed by atoms with Gasteiger partial charge in [-0.05, 0) is 62.1 Å². The monoisotopic (exact) mass is 620 g/mol. The van der Waals surface area contributed by atoms with Gasteiger partial charge in [0.05, 0.1) is 12.1 Å². The zero-order valence-corrected chi connectivity index (χ0v) is 26.6. The Morgan fingerprint density at radius 2 is 1.53 bits per heavy atom. The summed E-state index contributed by atoms with van der Waals surface area (Å²) in [5.41, 5.74) is 2.12. The molecule has 1 unspecified atom stereocenters. The van der Waals surface area contributed by atoms with Gasteiger partial charge < -0.3 is 19.3 Å². The SMILES string of the molecule is C1CCOC1.CC.Cc1nc2c(N3CCN(C(CO)(c4ccc(F)cc4)c4ccc(F)cc4)CC3C)nc3nncn3c2n1C. The number of aromatic nitrogens is 6. The summed E-state index contributed by atoms with van der Waals surface area (Å²) in [5, 5.41) is 19.2. The summed E-state index contributed by atoms with van der Waals surface area (Å²) in [7, 11) is 1.95. The third-order valence-corrected chi connectivity index (χ3v) is 8.60. The van der Waals surface area contributed by atoms with Crippen molar-refractivity contribution in [1.82, 2.24) is 34.0 Å². The van der Waals surface area contributed by atoms with E-state index in [0.717, 1.165) is 47.1 Å². The van der Waals surface area contributed by atoms with Crippen LogP contribution in [-0.4, -0.2) is 84.6 Å². The van der Waals surface area contributed by atoms with Crippen LogP contribution in [0.2, 0.25) is 0 Å². The lowest BCUT2D eigenvalue weighted by molar-refractivity contribution is 0.0432. The Morgan fingerprint density at radius 3 is 2.04 bits per heavy atom. The molecule has 5 heterocycles. The highest BCUT2D eigenvalue weighted by Gasteiger charge is 2.43. The van der Waals surface area contributed by atoms with Crippen LogP contribution in [0.25, 0.3) is 16.9 Å². The second-order valence-corrected chi connectivity index (χ2v) is 11.2. The standard InChI is InChI=1S/C27H28F2N8O.C4H8O.C2H6/c1-17-14-35(27(15-38,19-4-8-21(28)9-5-19)20-6-10-22(29)11-7-20)12-13-36(17)24-23-25(34(3)18(2)31-23)37-16-30-33-26(37)32-24;1-2-4-5-3-1;1-2/h4-11,16-17,38H,12-15H2,1-3H3;1-4H2;1-2H3. The number of piperazine rings is 1. The second-order valence-electron chi connectivity index (χ2n) is 11.2. The first-order valence-corrected chi connectivity index (χ1v) is 15.6. The zero-order valence-electron chi connectivity index (χ0n) is 26.6. The molecule has 1 atom stereocenters. The Kier molecular flexibility index (Phi) is 10.1. The molecule has 12 heteroatoms. The number of aliphatic hydroxyl groups is 1. The predicted octanol–water partition coefficient (Wildman–Crippen LogP) is 4.87. The van der Waals surface area contributed by atoms with Crippen molar-refractivity contribution in [2.24, 2.45) is 7.05 Å². The molecule has 0 amide bonds. The van der Waals surface area contributed by atoms with Gasteiger partial charge in [-0.15, -0.1) is 10.2 Å². The van der Waals surface area contributed by atoms with Crippen LogP contribution in [0.15, 0.2) is 54.9 Å². The molecule has 0 spiro atoms. The molecule has 2 aliphatic heterocycles. The van der Waals surface area contributed by atoms with Gasteiger partial charge in [-0.1, -0.05) is 38.1 Å². The second kappa shape index (κ2) is 14.0. The van der Waals surface area contributed by atoms with Gasteiger partial charge in [0, 0.05) is 45.9 Å². The largest absolute Gasteiger partial charge is 0.394 e. The van der Waals surface area contributed by atoms with Crippen molar-refractivity contribution >= 4 is 22.8 Å². The smallest absolute Gasteiger partial charge is 0.258 e. The number of hydrogen-bond acceptors (Lipinski definition) is 8. The van der Waals surface area contributed by atoms with Gasteiger partial charge in [0.15, 0.2) is 11.5 Å². The van der Waals surface area contributed by atoms with Gasteiger partial charge >= 0.3 is 0 Å². The first kappa shape index (κ1) is 32.4. The van der Waals surface area contributed by atoms with Crippen LogP contribution in [-0.2, 0) is 17.3 Å². The highest BCUT2D eigenvalue weighted by Crippen LogP contribution is 2.39. The fourth-order valence-corrected chi connectivity index (χ4v) is 6.22. The molecule has 0 radical (unpaired) electrons. The van der Waals surface area contributed by atoms with Crippen molar-refractivity contribution in [3.63, 3.8) is 0 Å². The summed E-state index contributed by atoms with van der Waals surface area (Å²) in [4.78, 5) is 14.0. The minimum absolute atomic E-state index is 0.0287. The van der Waals surface area contributed by atoms with Crippen LogP contribution in [0.5, 0.6) is 0 Å². The van der Waals surface area contributed by atoms with Crippen LogP contribution in [0.1, 0.15) is 50.6 Å². The number of rotatable bonds is 5. The molecule has 240 valence electrons. The lowest BCUT2D eigenvalue weighted by Crippen LogP contribution is -2.60. The molecule has 1 N–H and O–H groups in total. The van der Waals surface area contributed by atoms with Crippen molar-refractivity contribution in [3.8, 4) is 0 Å². The summed E-state index contributed by atoms with van der Waals surface area (Å²) in [5.74, 6) is 1.36. The third kappa shape index (κ3) is 6.14. The minimum atomic E-state index is -0.983. The molecule has 45 heavy (non-hydrogen) atoms. The van der Waals surface area contributed by atoms with E-state index in [-0.39, 0.29) is 24.3 Å². The van der Waals surface area contributed by atoms with E-state index < -0.39 is 5.54 Å². The molecular formula is C33H42F2N8O2. The maximum atomic E-state index is 13.9. The van der Waals surface area contributed by atoms with E-state index in [1.54, 1.807) is 30.6 Å². The summed E-state index contributed by atoms with van der Waals surface area (Å²) in [6, 6.07) is 12.3. The maximum Gasteiger partial charge on any atom is 0.258 e. The molecular weight excluding hydrogens is 578 g/mol. The summed E-state index contributed by atoms with van der Waals surface area (Å²) < 4.78 is 36.5. The Hall–Kier alpha value is -4.00. The fraction of sp³-hybridized carbons (Fsp3) is 0.455. The van der Waals surface area contributed by atoms with Crippen LogP contribution in [0.3, 0.4) is 0 Å². The zero-order chi connectivity index (χ0) is 32.1. The number of hydrogen-bond donors (Lipinski definition) is 1. The Morgan fingerprint density at radius 1 is 0.933 bits per heavy atom. The predicted molar refractivity (Wildman–Crippen MR) is 170 cm³/mol. The number of anilines is 1. The molecule has 5 aromatic rings. The fourth-order valence-electron chi connectivity index (χ4n) is 6.22. The average Bonchev–Trinajstić information content (AvgIpc) is 3.84. The van der Waals surface area contributed by atoms with E-state index in [1.807, 2.05) is 36.8 Å². The van der Waals surface area contributed by atoms with E-state index in [2.05, 4.69) is 26.9 Å². The van der Waals surface area contributed by atoms with Crippen LogP contribution in [0.4, 0.5) is 14.6 Å². The number of halogens is 2. The van der Waals surface area contributed by atoms with Gasteiger partial charge in [-0.25, -0.2) is 18.2 Å². The summed E-state index contributed by atoms with van der Waals surface area (Å²) in [6.07, 6.45) is 4.19. The van der Waals surface area contributed by atoms with Crippen molar-refractivity contribution in [3.05, 3.63) is 83.4 Å². The molecule has 0 aliphatic carbocycles. The van der Waals surface area contributed by atoms with E-state index in [1.165, 1.54) is 37.1 Å². The van der Waals surface area contributed by atoms with E-state index in [9.17, 15) is 13.9 Å². The number of fused-ring (bicyclic) bond motifs is 3. The van der Waals surface area contributed by atoms with Gasteiger partial charge in [-0.2, -0.15) is 4.98 Å². The maximum absolute atomic E-state index is 13.9. The average molecular weight is 621 g/mol. The quantitative estimate of drug-likeness (QED) is 0.298. The van der Waals surface area contributed by atoms with Crippen LogP contribution < -0.4 is 4.90 Å². The number of nitrogens with zero attached hydrogens (tertiary/aromatic N) is 8. The Balaban J connectivity index is 0.000000514. The molecule has 7 rings (SSSR count). The lowest BCUT2D eigenvalue weighted by atomic mass is 9.80. The molecule has 2 fully saturated rings. The van der Waals surface area contributed by atoms with Crippen LogP contribution >= 0.6 is 0 Å². The number of ether oxygens (including phenoxy) is 1. The van der Waals surface area contributed by atoms with Gasteiger partial charge in [0.1, 0.15) is 29.3 Å². The number of benzene rings is 2. The van der Waals surface area contributed by atoms with Gasteiger partial charge in [-0.3, -0.25) is 4.90 Å². The topological polar surface area (TPSA) is 96.8 Å². The van der Waals surface area contributed by atoms with E-state index >= 15 is 0 Å². The van der Waals surface area contributed by atoms with Gasteiger partial charge in [0.2, 0.25) is 0 Å². The number of imidazole rings is 1. The number of aliphatic hydroxyl groups excluding tert-OH is 1.